The van der Waals surface area contributed by atoms with Crippen LogP contribution in [0.15, 0.2) is 12.1 Å². The number of aromatic amines is 1. The van der Waals surface area contributed by atoms with Gasteiger partial charge in [-0.2, -0.15) is 0 Å². The van der Waals surface area contributed by atoms with Crippen molar-refractivity contribution in [1.29, 1.82) is 0 Å². The Bertz CT molecular complexity index is 748. The number of hydrogen-bond acceptors (Lipinski definition) is 2. The van der Waals surface area contributed by atoms with E-state index in [1.807, 2.05) is 6.92 Å². The van der Waals surface area contributed by atoms with Gasteiger partial charge < -0.3 is 14.9 Å². The highest BCUT2D eigenvalue weighted by Gasteiger charge is 2.27. The van der Waals surface area contributed by atoms with Crippen molar-refractivity contribution >= 4 is 52.4 Å². The Morgan fingerprint density at radius 2 is 2.10 bits per heavy atom. The summed E-state index contributed by atoms with van der Waals surface area (Å²) in [5, 5.41) is 3.88. The van der Waals surface area contributed by atoms with Gasteiger partial charge in [-0.25, -0.2) is 0 Å². The SMILES string of the molecule is CC(C(=O)NC1CC1)n1c(=S)[nH]c2cc(Cl)c(Cl)cc21. The van der Waals surface area contributed by atoms with E-state index in [1.54, 1.807) is 16.7 Å². The lowest BCUT2D eigenvalue weighted by Crippen LogP contribution is -2.32. The number of fused-ring (bicyclic) bond motifs is 1. The van der Waals surface area contributed by atoms with Crippen LogP contribution < -0.4 is 5.32 Å². The van der Waals surface area contributed by atoms with Gasteiger partial charge in [-0.15, -0.1) is 0 Å². The largest absolute Gasteiger partial charge is 0.352 e. The van der Waals surface area contributed by atoms with Gasteiger partial charge in [0.25, 0.3) is 0 Å². The number of carbonyl (C=O) groups excluding carboxylic acids is 1. The average molecular weight is 330 g/mol. The molecule has 1 saturated carbocycles. The van der Waals surface area contributed by atoms with Crippen LogP contribution in [0.25, 0.3) is 11.0 Å². The Balaban J connectivity index is 2.05. The summed E-state index contributed by atoms with van der Waals surface area (Å²) in [5.41, 5.74) is 1.55. The van der Waals surface area contributed by atoms with Crippen molar-refractivity contribution in [3.8, 4) is 0 Å². The maximum Gasteiger partial charge on any atom is 0.243 e. The Labute approximate surface area is 131 Å². The Hall–Kier alpha value is -1.04. The van der Waals surface area contributed by atoms with E-state index in [4.69, 9.17) is 35.4 Å². The zero-order chi connectivity index (χ0) is 14.4. The number of nitrogens with zero attached hydrogens (tertiary/aromatic N) is 1. The first kappa shape index (κ1) is 13.9. The van der Waals surface area contributed by atoms with Crippen LogP contribution in [-0.2, 0) is 4.79 Å². The molecule has 0 spiro atoms. The fourth-order valence-electron chi connectivity index (χ4n) is 2.17. The van der Waals surface area contributed by atoms with E-state index in [2.05, 4.69) is 10.3 Å². The summed E-state index contributed by atoms with van der Waals surface area (Å²) in [5.74, 6) is -0.0319. The Morgan fingerprint density at radius 3 is 2.75 bits per heavy atom. The number of imidazole rings is 1. The van der Waals surface area contributed by atoms with E-state index in [1.165, 1.54) is 0 Å². The second-order valence-corrected chi connectivity index (χ2v) is 6.24. The second kappa shape index (κ2) is 5.06. The summed E-state index contributed by atoms with van der Waals surface area (Å²) in [4.78, 5) is 15.2. The molecule has 3 rings (SSSR count). The van der Waals surface area contributed by atoms with Gasteiger partial charge in [-0.05, 0) is 44.1 Å². The van der Waals surface area contributed by atoms with Gasteiger partial charge in [0.2, 0.25) is 5.91 Å². The van der Waals surface area contributed by atoms with Gasteiger partial charge in [0.15, 0.2) is 4.77 Å². The molecule has 0 bridgehead atoms. The van der Waals surface area contributed by atoms with Crippen molar-refractivity contribution < 1.29 is 4.79 Å². The third-order valence-electron chi connectivity index (χ3n) is 3.45. The monoisotopic (exact) mass is 329 g/mol. The predicted octanol–water partition coefficient (Wildman–Crippen LogP) is 3.85. The fourth-order valence-corrected chi connectivity index (χ4v) is 2.86. The van der Waals surface area contributed by atoms with Gasteiger partial charge in [0, 0.05) is 6.04 Å². The highest BCUT2D eigenvalue weighted by Crippen LogP contribution is 2.29. The number of rotatable bonds is 3. The van der Waals surface area contributed by atoms with Gasteiger partial charge in [-0.1, -0.05) is 23.2 Å². The van der Waals surface area contributed by atoms with Crippen LogP contribution in [0, 0.1) is 4.77 Å². The minimum Gasteiger partial charge on any atom is -0.352 e. The molecule has 0 saturated heterocycles. The third kappa shape index (κ3) is 2.45. The predicted molar refractivity (Wildman–Crippen MR) is 83.0 cm³/mol. The fraction of sp³-hybridized carbons (Fsp3) is 0.385. The van der Waals surface area contributed by atoms with E-state index in [0.29, 0.717) is 20.9 Å². The van der Waals surface area contributed by atoms with Crippen molar-refractivity contribution in [2.45, 2.75) is 31.8 Å². The first-order chi connectivity index (χ1) is 9.47. The van der Waals surface area contributed by atoms with Crippen molar-refractivity contribution in [2.75, 3.05) is 0 Å². The zero-order valence-electron chi connectivity index (χ0n) is 10.7. The van der Waals surface area contributed by atoms with Crippen LogP contribution in [0.2, 0.25) is 10.0 Å². The molecule has 2 aromatic rings. The molecule has 7 heteroatoms. The van der Waals surface area contributed by atoms with Crippen LogP contribution in [0.4, 0.5) is 0 Å². The molecule has 1 atom stereocenters. The molecule has 20 heavy (non-hydrogen) atoms. The minimum absolute atomic E-state index is 0.0319. The molecule has 1 unspecified atom stereocenters. The summed E-state index contributed by atoms with van der Waals surface area (Å²) < 4.78 is 2.25. The zero-order valence-corrected chi connectivity index (χ0v) is 13.1. The average Bonchev–Trinajstić information content (AvgIpc) is 3.13. The third-order valence-corrected chi connectivity index (χ3v) is 4.47. The van der Waals surface area contributed by atoms with E-state index in [9.17, 15) is 4.79 Å². The molecular weight excluding hydrogens is 317 g/mol. The second-order valence-electron chi connectivity index (χ2n) is 5.04. The molecule has 1 amide bonds. The Morgan fingerprint density at radius 1 is 1.45 bits per heavy atom. The van der Waals surface area contributed by atoms with Gasteiger partial charge >= 0.3 is 0 Å². The van der Waals surface area contributed by atoms with E-state index < -0.39 is 6.04 Å². The molecule has 1 aromatic heterocycles. The maximum absolute atomic E-state index is 12.2. The highest BCUT2D eigenvalue weighted by atomic mass is 35.5. The number of amides is 1. The van der Waals surface area contributed by atoms with Crippen molar-refractivity contribution in [1.82, 2.24) is 14.9 Å². The first-order valence-electron chi connectivity index (χ1n) is 6.37. The number of H-pyrrole nitrogens is 1. The lowest BCUT2D eigenvalue weighted by atomic mass is 10.2. The molecular formula is C13H13Cl2N3OS. The maximum atomic E-state index is 12.2. The van der Waals surface area contributed by atoms with Gasteiger partial charge in [0.05, 0.1) is 21.1 Å². The number of halogens is 2. The molecule has 0 radical (unpaired) electrons. The van der Waals surface area contributed by atoms with Crippen LogP contribution in [0.1, 0.15) is 25.8 Å². The molecule has 1 fully saturated rings. The lowest BCUT2D eigenvalue weighted by Gasteiger charge is -2.14. The summed E-state index contributed by atoms with van der Waals surface area (Å²) in [6.07, 6.45) is 2.11. The number of hydrogen-bond donors (Lipinski definition) is 2. The molecule has 1 aliphatic rings. The van der Waals surface area contributed by atoms with Gasteiger partial charge in [-0.3, -0.25) is 4.79 Å². The van der Waals surface area contributed by atoms with Crippen LogP contribution in [0.3, 0.4) is 0 Å². The smallest absolute Gasteiger partial charge is 0.243 e. The van der Waals surface area contributed by atoms with Crippen molar-refractivity contribution in [2.24, 2.45) is 0 Å². The molecule has 0 aliphatic heterocycles. The molecule has 4 nitrogen and oxygen atoms in total. The molecule has 106 valence electrons. The number of carbonyl (C=O) groups is 1. The van der Waals surface area contributed by atoms with Crippen molar-refractivity contribution in [3.05, 3.63) is 26.9 Å². The highest BCUT2D eigenvalue weighted by molar-refractivity contribution is 7.71. The summed E-state index contributed by atoms with van der Waals surface area (Å²) >= 11 is 17.4. The van der Waals surface area contributed by atoms with Gasteiger partial charge in [0.1, 0.15) is 6.04 Å². The number of aromatic nitrogens is 2. The molecule has 1 aromatic carbocycles. The van der Waals surface area contributed by atoms with Crippen LogP contribution >= 0.6 is 35.4 Å². The molecule has 1 aliphatic carbocycles. The number of nitrogens with one attached hydrogen (secondary N) is 2. The first-order valence-corrected chi connectivity index (χ1v) is 7.53. The van der Waals surface area contributed by atoms with Crippen molar-refractivity contribution in [3.63, 3.8) is 0 Å². The van der Waals surface area contributed by atoms with Crippen LogP contribution in [0.5, 0.6) is 0 Å². The quantitative estimate of drug-likeness (QED) is 0.840. The summed E-state index contributed by atoms with van der Waals surface area (Å²) in [7, 11) is 0. The number of benzene rings is 1. The minimum atomic E-state index is -0.394. The molecule has 2 N–H and O–H groups in total. The summed E-state index contributed by atoms with van der Waals surface area (Å²) in [6, 6.07) is 3.38. The lowest BCUT2D eigenvalue weighted by molar-refractivity contribution is -0.123. The standard InChI is InChI=1S/C13H13Cl2N3OS/c1-6(12(19)16-7-2-3-7)18-11-5-9(15)8(14)4-10(11)17-13(18)20/h4-7H,2-3H2,1H3,(H,16,19)(H,17,20). The topological polar surface area (TPSA) is 49.8 Å². The molecule has 1 heterocycles. The summed E-state index contributed by atoms with van der Waals surface area (Å²) in [6.45, 7) is 1.82. The normalized spacial score (nSPS) is 16.4. The Kier molecular flexibility index (Phi) is 3.52. The van der Waals surface area contributed by atoms with E-state index >= 15 is 0 Å². The van der Waals surface area contributed by atoms with E-state index in [-0.39, 0.29) is 5.91 Å². The van der Waals surface area contributed by atoms with Crippen LogP contribution in [-0.4, -0.2) is 21.5 Å². The van der Waals surface area contributed by atoms with E-state index in [0.717, 1.165) is 23.9 Å².